The fourth-order valence-corrected chi connectivity index (χ4v) is 0.958. The summed E-state index contributed by atoms with van der Waals surface area (Å²) in [5.74, 6) is -0.144. The molecule has 0 fully saturated rings. The van der Waals surface area contributed by atoms with E-state index in [-0.39, 0.29) is 10.8 Å². The highest BCUT2D eigenvalue weighted by Crippen LogP contribution is 2.30. The summed E-state index contributed by atoms with van der Waals surface area (Å²) in [4.78, 5) is 13.1. The zero-order valence-corrected chi connectivity index (χ0v) is 6.91. The number of nitrogens with zero attached hydrogens (tertiary/aromatic N) is 2. The van der Waals surface area contributed by atoms with E-state index in [0.29, 0.717) is 0 Å². The molecule has 12 heavy (non-hydrogen) atoms. The number of rotatable bonds is 2. The van der Waals surface area contributed by atoms with Crippen molar-refractivity contribution >= 4 is 17.4 Å². The first-order valence-corrected chi connectivity index (χ1v) is 3.37. The summed E-state index contributed by atoms with van der Waals surface area (Å²) in [6.45, 7) is 0. The number of pyridine rings is 1. The van der Waals surface area contributed by atoms with Crippen LogP contribution in [0.4, 0.5) is 5.82 Å². The molecule has 0 saturated carbocycles. The van der Waals surface area contributed by atoms with Crippen molar-refractivity contribution in [2.45, 2.75) is 0 Å². The van der Waals surface area contributed by atoms with Crippen molar-refractivity contribution in [1.29, 1.82) is 0 Å². The molecule has 1 aromatic heterocycles. The minimum Gasteiger partial charge on any atom is -0.495 e. The molecule has 0 aromatic carbocycles. The van der Waals surface area contributed by atoms with E-state index in [9.17, 15) is 10.1 Å². The second kappa shape index (κ2) is 3.36. The topological polar surface area (TPSA) is 65.3 Å². The molecule has 0 radical (unpaired) electrons. The zero-order chi connectivity index (χ0) is 9.14. The molecule has 0 aliphatic heterocycles. The van der Waals surface area contributed by atoms with Crippen LogP contribution in [0.5, 0.6) is 5.75 Å². The van der Waals surface area contributed by atoms with Gasteiger partial charge in [0.15, 0.2) is 5.02 Å². The lowest BCUT2D eigenvalue weighted by Gasteiger charge is -2.00. The van der Waals surface area contributed by atoms with E-state index < -0.39 is 10.7 Å². The highest BCUT2D eigenvalue weighted by Gasteiger charge is 2.17. The first kappa shape index (κ1) is 8.73. The molecule has 1 rings (SSSR count). The molecule has 0 aliphatic carbocycles. The van der Waals surface area contributed by atoms with Gasteiger partial charge in [-0.15, -0.1) is 0 Å². The maximum atomic E-state index is 10.3. The Morgan fingerprint density at radius 2 is 2.42 bits per heavy atom. The van der Waals surface area contributed by atoms with Crippen LogP contribution in [0, 0.1) is 10.1 Å². The van der Waals surface area contributed by atoms with Crippen molar-refractivity contribution in [3.05, 3.63) is 27.4 Å². The molecule has 0 N–H and O–H groups in total. The Morgan fingerprint density at radius 3 is 2.92 bits per heavy atom. The zero-order valence-electron chi connectivity index (χ0n) is 6.15. The standard InChI is InChI=1S/C6H5ClN2O3/c1-12-4-2-3-8-6(5(4)7)9(10)11/h2-3H,1H3. The van der Waals surface area contributed by atoms with Crippen LogP contribution in [0.25, 0.3) is 0 Å². The third kappa shape index (κ3) is 1.45. The summed E-state index contributed by atoms with van der Waals surface area (Å²) < 4.78 is 4.76. The molecule has 0 unspecified atom stereocenters. The molecule has 0 bridgehead atoms. The van der Waals surface area contributed by atoms with Gasteiger partial charge in [0.05, 0.1) is 7.11 Å². The van der Waals surface area contributed by atoms with E-state index in [2.05, 4.69) is 4.98 Å². The SMILES string of the molecule is COc1ccnc([N+](=O)[O-])c1Cl. The molecular formula is C6H5ClN2O3. The summed E-state index contributed by atoms with van der Waals surface area (Å²) in [7, 11) is 1.38. The minimum absolute atomic E-state index is 0.0787. The van der Waals surface area contributed by atoms with E-state index in [1.807, 2.05) is 0 Å². The Balaban J connectivity index is 3.23. The van der Waals surface area contributed by atoms with E-state index in [0.717, 1.165) is 0 Å². The van der Waals surface area contributed by atoms with Gasteiger partial charge < -0.3 is 14.9 Å². The summed E-state index contributed by atoms with van der Waals surface area (Å²) >= 11 is 5.57. The Morgan fingerprint density at radius 1 is 1.75 bits per heavy atom. The average molecular weight is 189 g/mol. The largest absolute Gasteiger partial charge is 0.495 e. The van der Waals surface area contributed by atoms with Crippen LogP contribution < -0.4 is 4.74 Å². The van der Waals surface area contributed by atoms with Crippen molar-refractivity contribution < 1.29 is 9.66 Å². The molecule has 0 saturated heterocycles. The lowest BCUT2D eigenvalue weighted by atomic mass is 10.4. The van der Waals surface area contributed by atoms with E-state index in [1.165, 1.54) is 19.4 Å². The molecule has 0 spiro atoms. The number of aromatic nitrogens is 1. The second-order valence-electron chi connectivity index (χ2n) is 1.91. The molecule has 0 aliphatic rings. The summed E-state index contributed by atoms with van der Waals surface area (Å²) in [6, 6.07) is 1.45. The third-order valence-electron chi connectivity index (χ3n) is 1.23. The molecule has 6 heteroatoms. The summed E-state index contributed by atoms with van der Waals surface area (Å²) in [6.07, 6.45) is 1.27. The first-order valence-electron chi connectivity index (χ1n) is 2.99. The first-order chi connectivity index (χ1) is 5.66. The number of halogens is 1. The average Bonchev–Trinajstić information content (AvgIpc) is 2.04. The van der Waals surface area contributed by atoms with Gasteiger partial charge in [-0.25, -0.2) is 0 Å². The molecule has 1 heterocycles. The molecule has 0 amide bonds. The highest BCUT2D eigenvalue weighted by molar-refractivity contribution is 6.33. The van der Waals surface area contributed by atoms with Gasteiger partial charge >= 0.3 is 5.82 Å². The Labute approximate surface area is 73.1 Å². The van der Waals surface area contributed by atoms with E-state index in [4.69, 9.17) is 16.3 Å². The van der Waals surface area contributed by atoms with Crippen LogP contribution in [0.3, 0.4) is 0 Å². The van der Waals surface area contributed by atoms with Gasteiger partial charge in [-0.3, -0.25) is 0 Å². The van der Waals surface area contributed by atoms with E-state index >= 15 is 0 Å². The van der Waals surface area contributed by atoms with Gasteiger partial charge in [0.25, 0.3) is 0 Å². The van der Waals surface area contributed by atoms with Crippen LogP contribution in [-0.2, 0) is 0 Å². The number of nitro groups is 1. The van der Waals surface area contributed by atoms with Gasteiger partial charge in [-0.1, -0.05) is 11.6 Å². The van der Waals surface area contributed by atoms with Gasteiger partial charge in [0, 0.05) is 6.07 Å². The predicted octanol–water partition coefficient (Wildman–Crippen LogP) is 1.65. The van der Waals surface area contributed by atoms with Crippen LogP contribution in [0.15, 0.2) is 12.3 Å². The van der Waals surface area contributed by atoms with Crippen molar-refractivity contribution in [1.82, 2.24) is 4.98 Å². The van der Waals surface area contributed by atoms with Gasteiger partial charge in [0.2, 0.25) is 0 Å². The van der Waals surface area contributed by atoms with Crippen LogP contribution in [0.1, 0.15) is 0 Å². The lowest BCUT2D eigenvalue weighted by Crippen LogP contribution is -1.94. The second-order valence-corrected chi connectivity index (χ2v) is 2.29. The lowest BCUT2D eigenvalue weighted by molar-refractivity contribution is -0.389. The molecular weight excluding hydrogens is 184 g/mol. The predicted molar refractivity (Wildman–Crippen MR) is 42.5 cm³/mol. The number of hydrogen-bond acceptors (Lipinski definition) is 4. The fourth-order valence-electron chi connectivity index (χ4n) is 0.701. The quantitative estimate of drug-likeness (QED) is 0.523. The van der Waals surface area contributed by atoms with Gasteiger partial charge in [-0.05, 0) is 9.91 Å². The Bertz CT molecular complexity index is 316. The number of hydrogen-bond donors (Lipinski definition) is 0. The van der Waals surface area contributed by atoms with E-state index in [1.54, 1.807) is 0 Å². The number of ether oxygens (including phenoxy) is 1. The molecule has 5 nitrogen and oxygen atoms in total. The monoisotopic (exact) mass is 188 g/mol. The van der Waals surface area contributed by atoms with Gasteiger partial charge in [-0.2, -0.15) is 0 Å². The molecule has 64 valence electrons. The van der Waals surface area contributed by atoms with Crippen molar-refractivity contribution in [2.24, 2.45) is 0 Å². The van der Waals surface area contributed by atoms with Crippen molar-refractivity contribution in [2.75, 3.05) is 7.11 Å². The van der Waals surface area contributed by atoms with Crippen LogP contribution in [-0.4, -0.2) is 17.0 Å². The fraction of sp³-hybridized carbons (Fsp3) is 0.167. The van der Waals surface area contributed by atoms with Crippen LogP contribution >= 0.6 is 11.6 Å². The number of methoxy groups -OCH3 is 1. The Kier molecular flexibility index (Phi) is 2.44. The van der Waals surface area contributed by atoms with Crippen LogP contribution in [0.2, 0.25) is 5.02 Å². The summed E-state index contributed by atoms with van der Waals surface area (Å²) in [5, 5.41) is 10.2. The van der Waals surface area contributed by atoms with Crippen molar-refractivity contribution in [3.8, 4) is 5.75 Å². The minimum atomic E-state index is -0.662. The molecule has 1 aromatic rings. The summed E-state index contributed by atoms with van der Waals surface area (Å²) in [5.41, 5.74) is 0. The normalized spacial score (nSPS) is 9.50. The Hall–Kier alpha value is -1.36. The van der Waals surface area contributed by atoms with Crippen molar-refractivity contribution in [3.63, 3.8) is 0 Å². The highest BCUT2D eigenvalue weighted by atomic mass is 35.5. The maximum absolute atomic E-state index is 10.3. The smallest absolute Gasteiger partial charge is 0.386 e. The van der Waals surface area contributed by atoms with Gasteiger partial charge in [0.1, 0.15) is 11.9 Å². The third-order valence-corrected chi connectivity index (χ3v) is 1.58. The molecule has 0 atom stereocenters. The maximum Gasteiger partial charge on any atom is 0.386 e.